The Morgan fingerprint density at radius 2 is 2.19 bits per heavy atom. The lowest BCUT2D eigenvalue weighted by molar-refractivity contribution is -0.139. The highest BCUT2D eigenvalue weighted by Crippen LogP contribution is 2.37. The summed E-state index contributed by atoms with van der Waals surface area (Å²) < 4.78 is 25.6. The molecule has 37 heavy (non-hydrogen) atoms. The molecule has 0 spiro atoms. The number of benzene rings is 1. The number of nitrogens with one attached hydrogen (secondary N) is 1. The van der Waals surface area contributed by atoms with E-state index in [9.17, 15) is 14.0 Å². The maximum atomic E-state index is 13.9. The zero-order valence-corrected chi connectivity index (χ0v) is 23.2. The Morgan fingerprint density at radius 3 is 2.89 bits per heavy atom. The molecule has 2 unspecified atom stereocenters. The monoisotopic (exact) mass is 592 g/mol. The van der Waals surface area contributed by atoms with Gasteiger partial charge in [0.1, 0.15) is 18.0 Å². The molecule has 1 aromatic carbocycles. The van der Waals surface area contributed by atoms with Gasteiger partial charge in [0.2, 0.25) is 0 Å². The van der Waals surface area contributed by atoms with Gasteiger partial charge in [-0.25, -0.2) is 14.2 Å². The first-order chi connectivity index (χ1) is 17.9. The predicted molar refractivity (Wildman–Crippen MR) is 143 cm³/mol. The van der Waals surface area contributed by atoms with Crippen LogP contribution in [0.2, 0.25) is 0 Å². The van der Waals surface area contributed by atoms with Gasteiger partial charge in [0.15, 0.2) is 16.6 Å². The Bertz CT molecular complexity index is 1190. The number of aromatic nitrogens is 1. The highest BCUT2D eigenvalue weighted by atomic mass is 79.9. The number of Topliss-reactive ketones (excluding diaryl/α,β-unsaturated/α-hetero) is 1. The first-order valence-corrected chi connectivity index (χ1v) is 14.0. The van der Waals surface area contributed by atoms with Crippen LogP contribution in [0.15, 0.2) is 50.5 Å². The molecule has 8 nitrogen and oxygen atoms in total. The molecule has 4 rings (SSSR count). The summed E-state index contributed by atoms with van der Waals surface area (Å²) in [6.07, 6.45) is 3.46. The minimum atomic E-state index is -0.743. The van der Waals surface area contributed by atoms with Crippen molar-refractivity contribution in [3.63, 3.8) is 0 Å². The van der Waals surface area contributed by atoms with Crippen molar-refractivity contribution in [3.8, 4) is 0 Å². The van der Waals surface area contributed by atoms with Gasteiger partial charge in [-0.15, -0.1) is 11.3 Å². The lowest BCUT2D eigenvalue weighted by atomic mass is 9.95. The Kier molecular flexibility index (Phi) is 9.58. The molecule has 198 valence electrons. The number of ether oxygens (including phenoxy) is 2. The van der Waals surface area contributed by atoms with Crippen LogP contribution in [0.25, 0.3) is 0 Å². The Morgan fingerprint density at radius 1 is 1.35 bits per heavy atom. The zero-order valence-electron chi connectivity index (χ0n) is 20.8. The molecule has 0 saturated carbocycles. The molecule has 3 heterocycles. The molecular formula is C26H30BrFN4O4S. The summed E-state index contributed by atoms with van der Waals surface area (Å²) in [6.45, 7) is 5.81. The van der Waals surface area contributed by atoms with E-state index in [1.807, 2.05) is 5.38 Å². The molecule has 11 heteroatoms. The van der Waals surface area contributed by atoms with Crippen LogP contribution in [0.4, 0.5) is 4.39 Å². The van der Waals surface area contributed by atoms with Gasteiger partial charge in [-0.2, -0.15) is 0 Å². The number of ketones is 1. The first-order valence-electron chi connectivity index (χ1n) is 12.4. The summed E-state index contributed by atoms with van der Waals surface area (Å²) in [5.41, 5.74) is 1.59. The molecule has 0 radical (unpaired) electrons. The fourth-order valence-electron chi connectivity index (χ4n) is 4.34. The third-order valence-electron chi connectivity index (χ3n) is 6.18. The van der Waals surface area contributed by atoms with E-state index >= 15 is 0 Å². The number of unbranched alkanes of at least 4 members (excludes halogenated alkanes) is 1. The normalized spacial score (nSPS) is 20.4. The summed E-state index contributed by atoms with van der Waals surface area (Å²) in [7, 11) is 0. The highest BCUT2D eigenvalue weighted by molar-refractivity contribution is 9.10. The SMILES string of the molecule is CCCCC(=O)C1CN(CC2=C(C(=O)OCC)C(c3ccc(F)cc3Br)N=C(c3nccs3)N2)CCO1. The number of thiazole rings is 1. The third-order valence-corrected chi connectivity index (χ3v) is 7.65. The molecule has 2 aliphatic rings. The van der Waals surface area contributed by atoms with Gasteiger partial charge in [0.25, 0.3) is 0 Å². The second-order valence-corrected chi connectivity index (χ2v) is 10.5. The van der Waals surface area contributed by atoms with E-state index in [2.05, 4.69) is 38.1 Å². The number of hydrogen-bond donors (Lipinski definition) is 1. The summed E-state index contributed by atoms with van der Waals surface area (Å²) >= 11 is 4.87. The van der Waals surface area contributed by atoms with Crippen LogP contribution in [0, 0.1) is 5.82 Å². The molecule has 0 amide bonds. The van der Waals surface area contributed by atoms with E-state index in [1.54, 1.807) is 19.2 Å². The minimum Gasteiger partial charge on any atom is -0.463 e. The molecule has 2 aliphatic heterocycles. The van der Waals surface area contributed by atoms with Crippen molar-refractivity contribution < 1.29 is 23.5 Å². The van der Waals surface area contributed by atoms with Gasteiger partial charge in [0, 0.05) is 47.8 Å². The van der Waals surface area contributed by atoms with E-state index in [0.717, 1.165) is 12.8 Å². The van der Waals surface area contributed by atoms with Crippen molar-refractivity contribution in [2.75, 3.05) is 32.8 Å². The van der Waals surface area contributed by atoms with E-state index in [-0.39, 0.29) is 12.4 Å². The zero-order chi connectivity index (χ0) is 26.4. The maximum absolute atomic E-state index is 13.9. The number of rotatable bonds is 10. The molecule has 1 N–H and O–H groups in total. The predicted octanol–water partition coefficient (Wildman–Crippen LogP) is 4.41. The summed E-state index contributed by atoms with van der Waals surface area (Å²) in [5, 5.41) is 5.83. The molecule has 0 aliphatic carbocycles. The van der Waals surface area contributed by atoms with E-state index in [4.69, 9.17) is 14.5 Å². The molecule has 1 saturated heterocycles. The van der Waals surface area contributed by atoms with Crippen molar-refractivity contribution in [2.45, 2.75) is 45.3 Å². The van der Waals surface area contributed by atoms with Gasteiger partial charge in [0.05, 0.1) is 18.8 Å². The number of esters is 1. The van der Waals surface area contributed by atoms with Crippen LogP contribution in [-0.4, -0.2) is 66.4 Å². The summed E-state index contributed by atoms with van der Waals surface area (Å²) in [6, 6.07) is 3.57. The number of nitrogens with zero attached hydrogens (tertiary/aromatic N) is 3. The average molecular weight is 594 g/mol. The van der Waals surface area contributed by atoms with Crippen molar-refractivity contribution >= 4 is 44.9 Å². The number of hydrogen-bond acceptors (Lipinski definition) is 9. The van der Waals surface area contributed by atoms with E-state index in [1.165, 1.54) is 23.5 Å². The summed E-state index contributed by atoms with van der Waals surface area (Å²) in [4.78, 5) is 37.3. The highest BCUT2D eigenvalue weighted by Gasteiger charge is 2.35. The average Bonchev–Trinajstić information content (AvgIpc) is 3.42. The molecule has 2 atom stereocenters. The van der Waals surface area contributed by atoms with Gasteiger partial charge >= 0.3 is 5.97 Å². The number of morpholine rings is 1. The largest absolute Gasteiger partial charge is 0.463 e. The molecule has 0 bridgehead atoms. The number of amidine groups is 1. The van der Waals surface area contributed by atoms with Crippen molar-refractivity contribution in [1.29, 1.82) is 0 Å². The fourth-order valence-corrected chi connectivity index (χ4v) is 5.50. The lowest BCUT2D eigenvalue weighted by Gasteiger charge is -2.35. The fraction of sp³-hybridized carbons (Fsp3) is 0.462. The Balaban J connectivity index is 1.71. The lowest BCUT2D eigenvalue weighted by Crippen LogP contribution is -2.48. The Labute approximate surface area is 228 Å². The van der Waals surface area contributed by atoms with Crippen LogP contribution in [0.1, 0.15) is 49.7 Å². The van der Waals surface area contributed by atoms with Crippen LogP contribution < -0.4 is 5.32 Å². The number of aliphatic imine (C=N–C) groups is 1. The smallest absolute Gasteiger partial charge is 0.338 e. The van der Waals surface area contributed by atoms with Gasteiger partial charge < -0.3 is 14.8 Å². The molecular weight excluding hydrogens is 563 g/mol. The molecule has 2 aromatic rings. The minimum absolute atomic E-state index is 0.0981. The molecule has 1 aromatic heterocycles. The van der Waals surface area contributed by atoms with Gasteiger partial charge in [-0.3, -0.25) is 14.7 Å². The van der Waals surface area contributed by atoms with Gasteiger partial charge in [-0.05, 0) is 31.0 Å². The second kappa shape index (κ2) is 12.9. The van der Waals surface area contributed by atoms with Crippen LogP contribution in [0.5, 0.6) is 0 Å². The van der Waals surface area contributed by atoms with E-state index < -0.39 is 23.9 Å². The Hall–Kier alpha value is -2.47. The van der Waals surface area contributed by atoms with Crippen molar-refractivity contribution in [3.05, 3.63) is 61.9 Å². The standard InChI is InChI=1S/C26H30BrFN4O4S/c1-3-5-6-20(33)21-15-32(10-11-36-21)14-19-22(26(34)35-4-2)23(17-8-7-16(28)13-18(17)27)31-24(30-19)25-29-9-12-37-25/h7-9,12-13,21,23H,3-6,10-11,14-15H2,1-2H3,(H,30,31). The maximum Gasteiger partial charge on any atom is 0.338 e. The third kappa shape index (κ3) is 6.70. The number of halogens is 2. The number of carbonyl (C=O) groups is 2. The van der Waals surface area contributed by atoms with Crippen molar-refractivity contribution in [1.82, 2.24) is 15.2 Å². The van der Waals surface area contributed by atoms with Crippen LogP contribution in [-0.2, 0) is 19.1 Å². The second-order valence-electron chi connectivity index (χ2n) is 8.79. The van der Waals surface area contributed by atoms with Crippen LogP contribution in [0.3, 0.4) is 0 Å². The summed E-state index contributed by atoms with van der Waals surface area (Å²) in [5.74, 6) is -0.288. The number of carbonyl (C=O) groups excluding carboxylic acids is 2. The topological polar surface area (TPSA) is 93.1 Å². The van der Waals surface area contributed by atoms with E-state index in [0.29, 0.717) is 64.8 Å². The quantitative estimate of drug-likeness (QED) is 0.408. The van der Waals surface area contributed by atoms with Crippen molar-refractivity contribution in [2.24, 2.45) is 4.99 Å². The van der Waals surface area contributed by atoms with Crippen LogP contribution >= 0.6 is 27.3 Å². The molecule has 1 fully saturated rings. The first kappa shape index (κ1) is 27.6. The van der Waals surface area contributed by atoms with Gasteiger partial charge in [-0.1, -0.05) is 35.3 Å².